The Morgan fingerprint density at radius 2 is 2.25 bits per heavy atom. The van der Waals surface area contributed by atoms with Gasteiger partial charge in [0, 0.05) is 18.7 Å². The Morgan fingerprint density at radius 1 is 1.45 bits per heavy atom. The molecule has 108 valence electrons. The van der Waals surface area contributed by atoms with E-state index in [-0.39, 0.29) is 18.4 Å². The van der Waals surface area contributed by atoms with Crippen LogP contribution < -0.4 is 0 Å². The third kappa shape index (κ3) is 3.73. The summed E-state index contributed by atoms with van der Waals surface area (Å²) in [5.74, 6) is 0.409. The summed E-state index contributed by atoms with van der Waals surface area (Å²) in [5.41, 5.74) is 0. The van der Waals surface area contributed by atoms with Crippen molar-refractivity contribution in [2.24, 2.45) is 0 Å². The molecule has 2 rings (SSSR count). The van der Waals surface area contributed by atoms with E-state index < -0.39 is 5.97 Å². The van der Waals surface area contributed by atoms with E-state index in [1.54, 1.807) is 17.0 Å². The fourth-order valence-electron chi connectivity index (χ4n) is 2.50. The zero-order chi connectivity index (χ0) is 14.5. The second kappa shape index (κ2) is 6.41. The van der Waals surface area contributed by atoms with E-state index >= 15 is 0 Å². The molecule has 1 aromatic rings. The first-order valence-electron chi connectivity index (χ1n) is 6.83. The summed E-state index contributed by atoms with van der Waals surface area (Å²) < 4.78 is 5.36. The quantitative estimate of drug-likeness (QED) is 0.858. The number of likely N-dealkylation sites (tertiary alicyclic amines) is 1. The highest BCUT2D eigenvalue weighted by atomic mass is 16.4. The molecule has 2 heterocycles. The molecular formula is C15H19NO4. The lowest BCUT2D eigenvalue weighted by atomic mass is 9.99. The number of piperidine rings is 1. The van der Waals surface area contributed by atoms with Crippen molar-refractivity contribution in [1.29, 1.82) is 0 Å². The Hall–Kier alpha value is -2.04. The fourth-order valence-corrected chi connectivity index (χ4v) is 2.50. The van der Waals surface area contributed by atoms with Gasteiger partial charge >= 0.3 is 5.97 Å². The largest absolute Gasteiger partial charge is 0.481 e. The fraction of sp³-hybridized carbons (Fsp3) is 0.467. The molecule has 5 heteroatoms. The van der Waals surface area contributed by atoms with Gasteiger partial charge in [-0.2, -0.15) is 0 Å². The monoisotopic (exact) mass is 277 g/mol. The summed E-state index contributed by atoms with van der Waals surface area (Å²) >= 11 is 0. The normalized spacial score (nSPS) is 19.4. The van der Waals surface area contributed by atoms with Gasteiger partial charge in [0.05, 0.1) is 6.42 Å². The Balaban J connectivity index is 2.02. The summed E-state index contributed by atoms with van der Waals surface area (Å²) in [6.45, 7) is 2.46. The molecule has 1 aromatic heterocycles. The van der Waals surface area contributed by atoms with E-state index in [0.717, 1.165) is 25.0 Å². The maximum Gasteiger partial charge on any atom is 0.305 e. The number of aliphatic carboxylic acids is 1. The minimum Gasteiger partial charge on any atom is -0.481 e. The van der Waals surface area contributed by atoms with Crippen LogP contribution in [0.25, 0.3) is 6.08 Å². The summed E-state index contributed by atoms with van der Waals surface area (Å²) in [6.07, 6.45) is 5.75. The first-order valence-corrected chi connectivity index (χ1v) is 6.83. The van der Waals surface area contributed by atoms with E-state index in [1.807, 2.05) is 13.0 Å². The van der Waals surface area contributed by atoms with Crippen LogP contribution in [0.2, 0.25) is 0 Å². The average molecular weight is 277 g/mol. The van der Waals surface area contributed by atoms with Crippen molar-refractivity contribution in [3.8, 4) is 0 Å². The van der Waals surface area contributed by atoms with Gasteiger partial charge in [0.1, 0.15) is 11.5 Å². The third-order valence-electron chi connectivity index (χ3n) is 3.47. The molecule has 0 aromatic carbocycles. The Bertz CT molecular complexity index is 518. The highest BCUT2D eigenvalue weighted by molar-refractivity contribution is 5.92. The number of furan rings is 1. The SMILES string of the molecule is Cc1ccc(/C=C/C(=O)N2CCCCC2CC(=O)O)o1. The predicted molar refractivity (Wildman–Crippen MR) is 74.1 cm³/mol. The van der Waals surface area contributed by atoms with Crippen molar-refractivity contribution in [1.82, 2.24) is 4.90 Å². The van der Waals surface area contributed by atoms with Crippen LogP contribution in [0.3, 0.4) is 0 Å². The van der Waals surface area contributed by atoms with E-state index in [0.29, 0.717) is 12.3 Å². The number of nitrogens with zero attached hydrogens (tertiary/aromatic N) is 1. The molecule has 0 radical (unpaired) electrons. The van der Waals surface area contributed by atoms with Crippen LogP contribution in [0, 0.1) is 6.92 Å². The molecule has 1 amide bonds. The molecule has 1 saturated heterocycles. The first kappa shape index (κ1) is 14.4. The topological polar surface area (TPSA) is 70.8 Å². The van der Waals surface area contributed by atoms with Gasteiger partial charge in [-0.25, -0.2) is 0 Å². The lowest BCUT2D eigenvalue weighted by Gasteiger charge is -2.34. The average Bonchev–Trinajstić information content (AvgIpc) is 2.82. The molecule has 5 nitrogen and oxygen atoms in total. The van der Waals surface area contributed by atoms with Gasteiger partial charge in [0.25, 0.3) is 0 Å². The number of carbonyl (C=O) groups excluding carboxylic acids is 1. The summed E-state index contributed by atoms with van der Waals surface area (Å²) in [4.78, 5) is 24.7. The highest BCUT2D eigenvalue weighted by Crippen LogP contribution is 2.20. The van der Waals surface area contributed by atoms with Gasteiger partial charge in [-0.1, -0.05) is 0 Å². The molecule has 0 bridgehead atoms. The number of aryl methyl sites for hydroxylation is 1. The third-order valence-corrected chi connectivity index (χ3v) is 3.47. The molecule has 0 aliphatic carbocycles. The van der Waals surface area contributed by atoms with Crippen molar-refractivity contribution in [3.05, 3.63) is 29.7 Å². The molecule has 1 fully saturated rings. The molecule has 0 saturated carbocycles. The Morgan fingerprint density at radius 3 is 2.90 bits per heavy atom. The lowest BCUT2D eigenvalue weighted by molar-refractivity contribution is -0.140. The van der Waals surface area contributed by atoms with Gasteiger partial charge in [-0.05, 0) is 44.4 Å². The number of rotatable bonds is 4. The van der Waals surface area contributed by atoms with E-state index in [2.05, 4.69) is 0 Å². The Labute approximate surface area is 117 Å². The van der Waals surface area contributed by atoms with Crippen LogP contribution in [0.1, 0.15) is 37.2 Å². The molecule has 20 heavy (non-hydrogen) atoms. The molecule has 0 spiro atoms. The minimum absolute atomic E-state index is 0.0133. The van der Waals surface area contributed by atoms with Gasteiger partial charge in [0.2, 0.25) is 5.91 Å². The van der Waals surface area contributed by atoms with Crippen LogP contribution in [-0.2, 0) is 9.59 Å². The standard InChI is InChI=1S/C15H19NO4/c1-11-5-6-13(20-11)7-8-14(17)16-9-3-2-4-12(16)10-15(18)19/h5-8,12H,2-4,9-10H2,1H3,(H,18,19)/b8-7+. The van der Waals surface area contributed by atoms with Crippen molar-refractivity contribution in [2.75, 3.05) is 6.54 Å². The van der Waals surface area contributed by atoms with Crippen LogP contribution >= 0.6 is 0 Å². The number of hydrogen-bond acceptors (Lipinski definition) is 3. The van der Waals surface area contributed by atoms with Crippen molar-refractivity contribution in [3.63, 3.8) is 0 Å². The van der Waals surface area contributed by atoms with Gasteiger partial charge < -0.3 is 14.4 Å². The van der Waals surface area contributed by atoms with Crippen LogP contribution in [0.5, 0.6) is 0 Å². The van der Waals surface area contributed by atoms with Crippen molar-refractivity contribution < 1.29 is 19.1 Å². The van der Waals surface area contributed by atoms with Gasteiger partial charge in [-0.15, -0.1) is 0 Å². The maximum absolute atomic E-state index is 12.2. The first-order chi connectivity index (χ1) is 9.56. The lowest BCUT2D eigenvalue weighted by Crippen LogP contribution is -2.44. The zero-order valence-corrected chi connectivity index (χ0v) is 11.5. The second-order valence-electron chi connectivity index (χ2n) is 5.06. The Kier molecular flexibility index (Phi) is 4.61. The number of carbonyl (C=O) groups is 2. The van der Waals surface area contributed by atoms with Gasteiger partial charge in [-0.3, -0.25) is 9.59 Å². The van der Waals surface area contributed by atoms with Gasteiger partial charge in [0.15, 0.2) is 0 Å². The van der Waals surface area contributed by atoms with Crippen molar-refractivity contribution in [2.45, 2.75) is 38.6 Å². The highest BCUT2D eigenvalue weighted by Gasteiger charge is 2.27. The minimum atomic E-state index is -0.861. The number of amides is 1. The van der Waals surface area contributed by atoms with E-state index in [1.165, 1.54) is 6.08 Å². The van der Waals surface area contributed by atoms with E-state index in [9.17, 15) is 9.59 Å². The number of carboxylic acids is 1. The molecule has 1 N–H and O–H groups in total. The molecular weight excluding hydrogens is 258 g/mol. The van der Waals surface area contributed by atoms with Crippen LogP contribution in [0.15, 0.2) is 22.6 Å². The molecule has 1 atom stereocenters. The predicted octanol–water partition coefficient (Wildman–Crippen LogP) is 2.46. The second-order valence-corrected chi connectivity index (χ2v) is 5.06. The summed E-state index contributed by atoms with van der Waals surface area (Å²) in [6, 6.07) is 3.43. The number of hydrogen-bond donors (Lipinski definition) is 1. The van der Waals surface area contributed by atoms with E-state index in [4.69, 9.17) is 9.52 Å². The molecule has 1 unspecified atom stereocenters. The summed E-state index contributed by atoms with van der Waals surface area (Å²) in [5, 5.41) is 8.90. The molecule has 1 aliphatic rings. The summed E-state index contributed by atoms with van der Waals surface area (Å²) in [7, 11) is 0. The van der Waals surface area contributed by atoms with Crippen LogP contribution in [0.4, 0.5) is 0 Å². The molecule has 1 aliphatic heterocycles. The van der Waals surface area contributed by atoms with Crippen molar-refractivity contribution >= 4 is 18.0 Å². The zero-order valence-electron chi connectivity index (χ0n) is 11.5. The smallest absolute Gasteiger partial charge is 0.305 e. The van der Waals surface area contributed by atoms with Crippen LogP contribution in [-0.4, -0.2) is 34.5 Å². The number of carboxylic acid groups (broad SMARTS) is 1. The maximum atomic E-state index is 12.2.